The summed E-state index contributed by atoms with van der Waals surface area (Å²) in [6, 6.07) is 0. The lowest BCUT2D eigenvalue weighted by molar-refractivity contribution is 0.305. The third kappa shape index (κ3) is 2.59. The van der Waals surface area contributed by atoms with Gasteiger partial charge in [-0.05, 0) is 12.2 Å². The molecule has 0 radical (unpaired) electrons. The van der Waals surface area contributed by atoms with Gasteiger partial charge in [0, 0.05) is 30.4 Å². The molecule has 9 nitrogen and oxygen atoms in total. The van der Waals surface area contributed by atoms with Crippen LogP contribution < -0.4 is 10.7 Å². The van der Waals surface area contributed by atoms with E-state index in [-0.39, 0.29) is 6.17 Å². The summed E-state index contributed by atoms with van der Waals surface area (Å²) in [5, 5.41) is 12.1. The summed E-state index contributed by atoms with van der Waals surface area (Å²) in [6.07, 6.45) is 16.5. The Balaban J connectivity index is 0.000000814. The lowest BCUT2D eigenvalue weighted by atomic mass is 10.2. The SMILES string of the molecule is C1=CN2NC=NC2C(Nc2nccn3c(-c4cn[nH]c4)cnc23)=C1.CC. The van der Waals surface area contributed by atoms with Crippen LogP contribution in [0.1, 0.15) is 13.8 Å². The first kappa shape index (κ1) is 15.9. The molecule has 1 unspecified atom stereocenters. The number of aromatic amines is 1. The normalized spacial score (nSPS) is 17.4. The van der Waals surface area contributed by atoms with Crippen LogP contribution in [0.15, 0.2) is 60.0 Å². The fraction of sp³-hybridized carbons (Fsp3) is 0.176. The number of hydrogen-bond donors (Lipinski definition) is 3. The number of aliphatic imine (C=N–C) groups is 1. The Bertz CT molecular complexity index is 981. The molecule has 2 aliphatic rings. The van der Waals surface area contributed by atoms with E-state index in [1.807, 2.05) is 60.2 Å². The number of aromatic nitrogens is 5. The molecule has 26 heavy (non-hydrogen) atoms. The van der Waals surface area contributed by atoms with Gasteiger partial charge in [-0.15, -0.1) is 0 Å². The zero-order valence-electron chi connectivity index (χ0n) is 14.5. The standard InChI is InChI=1S/C15H13N9.C2H6/c1-2-11(14-18-9-21-24(14)4-1)22-13-15-17-8-12(10-6-19-20-7-10)23(15)5-3-16-13;1-2/h1-9,14H,(H,16,22)(H,18,21)(H,19,20);1-2H3. The van der Waals surface area contributed by atoms with E-state index in [2.05, 4.69) is 35.9 Å². The molecule has 2 aliphatic heterocycles. The molecule has 5 heterocycles. The highest BCUT2D eigenvalue weighted by Gasteiger charge is 2.25. The Hall–Kier alpha value is -3.62. The molecule has 5 rings (SSSR count). The van der Waals surface area contributed by atoms with E-state index >= 15 is 0 Å². The smallest absolute Gasteiger partial charge is 0.181 e. The average Bonchev–Trinajstić information content (AvgIpc) is 3.43. The number of hydrogen-bond acceptors (Lipinski definition) is 7. The van der Waals surface area contributed by atoms with Crippen molar-refractivity contribution in [2.24, 2.45) is 4.99 Å². The zero-order chi connectivity index (χ0) is 17.9. The zero-order valence-corrected chi connectivity index (χ0v) is 14.5. The molecular weight excluding hydrogens is 330 g/mol. The molecule has 0 aromatic carbocycles. The van der Waals surface area contributed by atoms with E-state index in [1.165, 1.54) is 0 Å². The number of anilines is 1. The van der Waals surface area contributed by atoms with Crippen LogP contribution >= 0.6 is 0 Å². The van der Waals surface area contributed by atoms with Gasteiger partial charge in [0.2, 0.25) is 0 Å². The van der Waals surface area contributed by atoms with Crippen molar-refractivity contribution < 1.29 is 0 Å². The van der Waals surface area contributed by atoms with Gasteiger partial charge in [0.15, 0.2) is 17.6 Å². The maximum atomic E-state index is 4.51. The number of rotatable bonds is 3. The van der Waals surface area contributed by atoms with Crippen LogP contribution in [0.4, 0.5) is 5.82 Å². The summed E-state index contributed by atoms with van der Waals surface area (Å²) >= 11 is 0. The Morgan fingerprint density at radius 3 is 2.96 bits per heavy atom. The molecule has 132 valence electrons. The Kier molecular flexibility index (Phi) is 4.10. The highest BCUT2D eigenvalue weighted by Crippen LogP contribution is 2.25. The monoisotopic (exact) mass is 349 g/mol. The lowest BCUT2D eigenvalue weighted by Gasteiger charge is -2.26. The predicted octanol–water partition coefficient (Wildman–Crippen LogP) is 2.14. The first-order valence-corrected chi connectivity index (χ1v) is 8.43. The molecule has 3 N–H and O–H groups in total. The minimum Gasteiger partial charge on any atom is -0.337 e. The van der Waals surface area contributed by atoms with E-state index in [9.17, 15) is 0 Å². The quantitative estimate of drug-likeness (QED) is 0.670. The second kappa shape index (κ2) is 6.71. The fourth-order valence-corrected chi connectivity index (χ4v) is 2.85. The molecule has 0 aliphatic carbocycles. The molecule has 3 aromatic heterocycles. The average molecular weight is 349 g/mol. The van der Waals surface area contributed by atoms with Crippen LogP contribution in [0.3, 0.4) is 0 Å². The first-order chi connectivity index (χ1) is 12.9. The third-order valence-electron chi connectivity index (χ3n) is 3.97. The van der Waals surface area contributed by atoms with Gasteiger partial charge in [-0.2, -0.15) is 5.10 Å². The molecular formula is C17H19N9. The maximum Gasteiger partial charge on any atom is 0.181 e. The molecule has 1 atom stereocenters. The Labute approximate surface area is 150 Å². The highest BCUT2D eigenvalue weighted by molar-refractivity contribution is 5.71. The van der Waals surface area contributed by atoms with E-state index in [0.29, 0.717) is 5.82 Å². The van der Waals surface area contributed by atoms with Crippen LogP contribution in [0.25, 0.3) is 16.9 Å². The summed E-state index contributed by atoms with van der Waals surface area (Å²) in [5.74, 6) is 0.677. The van der Waals surface area contributed by atoms with Crippen molar-refractivity contribution >= 4 is 17.8 Å². The van der Waals surface area contributed by atoms with Crippen LogP contribution in [-0.2, 0) is 0 Å². The molecule has 0 bridgehead atoms. The summed E-state index contributed by atoms with van der Waals surface area (Å²) in [6.45, 7) is 4.00. The molecule has 0 saturated heterocycles. The van der Waals surface area contributed by atoms with Crippen LogP contribution in [0, 0.1) is 0 Å². The van der Waals surface area contributed by atoms with Crippen molar-refractivity contribution in [3.8, 4) is 11.3 Å². The van der Waals surface area contributed by atoms with E-state index in [0.717, 1.165) is 22.6 Å². The Morgan fingerprint density at radius 1 is 1.19 bits per heavy atom. The van der Waals surface area contributed by atoms with Gasteiger partial charge < -0.3 is 5.32 Å². The van der Waals surface area contributed by atoms with Gasteiger partial charge in [0.1, 0.15) is 6.34 Å². The fourth-order valence-electron chi connectivity index (χ4n) is 2.85. The number of allylic oxidation sites excluding steroid dienone is 2. The molecule has 3 aromatic rings. The van der Waals surface area contributed by atoms with Crippen molar-refractivity contribution in [2.45, 2.75) is 20.0 Å². The van der Waals surface area contributed by atoms with E-state index < -0.39 is 0 Å². The molecule has 0 fully saturated rings. The summed E-state index contributed by atoms with van der Waals surface area (Å²) in [5.41, 5.74) is 6.64. The Morgan fingerprint density at radius 2 is 2.12 bits per heavy atom. The predicted molar refractivity (Wildman–Crippen MR) is 100 cm³/mol. The van der Waals surface area contributed by atoms with Crippen molar-refractivity contribution in [1.82, 2.24) is 35.0 Å². The third-order valence-corrected chi connectivity index (χ3v) is 3.97. The van der Waals surface area contributed by atoms with E-state index in [4.69, 9.17) is 0 Å². The number of nitrogens with zero attached hydrogens (tertiary/aromatic N) is 6. The summed E-state index contributed by atoms with van der Waals surface area (Å²) in [7, 11) is 0. The maximum absolute atomic E-state index is 4.51. The molecule has 9 heteroatoms. The van der Waals surface area contributed by atoms with E-state index in [1.54, 1.807) is 18.7 Å². The largest absolute Gasteiger partial charge is 0.337 e. The van der Waals surface area contributed by atoms with Crippen molar-refractivity contribution in [1.29, 1.82) is 0 Å². The van der Waals surface area contributed by atoms with Gasteiger partial charge >= 0.3 is 0 Å². The van der Waals surface area contributed by atoms with Gasteiger partial charge in [-0.1, -0.05) is 13.8 Å². The highest BCUT2D eigenvalue weighted by atomic mass is 15.6. The number of H-pyrrole nitrogens is 1. The van der Waals surface area contributed by atoms with Gasteiger partial charge in [-0.3, -0.25) is 19.9 Å². The molecule has 0 amide bonds. The second-order valence-electron chi connectivity index (χ2n) is 5.38. The van der Waals surface area contributed by atoms with Crippen LogP contribution in [-0.4, -0.2) is 42.1 Å². The van der Waals surface area contributed by atoms with Crippen molar-refractivity contribution in [3.63, 3.8) is 0 Å². The van der Waals surface area contributed by atoms with Crippen molar-refractivity contribution in [2.75, 3.05) is 5.32 Å². The second-order valence-corrected chi connectivity index (χ2v) is 5.38. The van der Waals surface area contributed by atoms with Crippen LogP contribution in [0.2, 0.25) is 0 Å². The lowest BCUT2D eigenvalue weighted by Crippen LogP contribution is -2.38. The van der Waals surface area contributed by atoms with Gasteiger partial charge in [0.05, 0.1) is 23.8 Å². The topological polar surface area (TPSA) is 98.5 Å². The number of hydrazine groups is 1. The van der Waals surface area contributed by atoms with Gasteiger partial charge in [-0.25, -0.2) is 15.0 Å². The number of nitrogens with one attached hydrogen (secondary N) is 3. The molecule has 0 saturated carbocycles. The minimum absolute atomic E-state index is 0.125. The van der Waals surface area contributed by atoms with Crippen LogP contribution in [0.5, 0.6) is 0 Å². The minimum atomic E-state index is -0.125. The van der Waals surface area contributed by atoms with Crippen molar-refractivity contribution in [3.05, 3.63) is 55.0 Å². The number of imidazole rings is 1. The molecule has 0 spiro atoms. The summed E-state index contributed by atoms with van der Waals surface area (Å²) < 4.78 is 1.98. The van der Waals surface area contributed by atoms with Gasteiger partial charge in [0.25, 0.3) is 0 Å². The number of fused-ring (bicyclic) bond motifs is 2. The first-order valence-electron chi connectivity index (χ1n) is 8.43. The summed E-state index contributed by atoms with van der Waals surface area (Å²) in [4.78, 5) is 13.3.